The predicted octanol–water partition coefficient (Wildman–Crippen LogP) is 5.35. The van der Waals surface area contributed by atoms with E-state index in [2.05, 4.69) is 30.1 Å². The number of aromatic nitrogens is 1. The molecule has 3 rings (SSSR count). The van der Waals surface area contributed by atoms with Gasteiger partial charge < -0.3 is 0 Å². The Labute approximate surface area is 121 Å². The molecule has 0 saturated carbocycles. The van der Waals surface area contributed by atoms with Crippen molar-refractivity contribution >= 4 is 34.1 Å². The van der Waals surface area contributed by atoms with Crippen molar-refractivity contribution in [2.45, 2.75) is 16.7 Å². The van der Waals surface area contributed by atoms with Crippen molar-refractivity contribution in [1.29, 1.82) is 0 Å². The number of pyridine rings is 1. The molecular formula is C16H12ClNS. The van der Waals surface area contributed by atoms with Crippen LogP contribution in [0.5, 0.6) is 0 Å². The summed E-state index contributed by atoms with van der Waals surface area (Å²) in [5.74, 6) is 0. The van der Waals surface area contributed by atoms with E-state index in [1.807, 2.05) is 36.7 Å². The summed E-state index contributed by atoms with van der Waals surface area (Å²) in [4.78, 5) is 6.67. The van der Waals surface area contributed by atoms with Gasteiger partial charge in [0.1, 0.15) is 0 Å². The molecule has 0 unspecified atom stereocenters. The molecule has 1 heterocycles. The fraction of sp³-hybridized carbons (Fsp3) is 0.0625. The highest BCUT2D eigenvalue weighted by atomic mass is 35.5. The Morgan fingerprint density at radius 2 is 1.79 bits per heavy atom. The molecule has 0 aliphatic heterocycles. The SMILES string of the molecule is Cc1cccc2cncc(Sc3ccc(Cl)cc3)c12. The van der Waals surface area contributed by atoms with Crippen molar-refractivity contribution in [3.63, 3.8) is 0 Å². The first-order valence-electron chi connectivity index (χ1n) is 6.01. The standard InChI is InChI=1S/C16H12ClNS/c1-11-3-2-4-12-9-18-10-15(16(11)12)19-14-7-5-13(17)6-8-14/h2-10H,1H3. The number of hydrogen-bond donors (Lipinski definition) is 0. The van der Waals surface area contributed by atoms with Crippen LogP contribution >= 0.6 is 23.4 Å². The molecule has 0 amide bonds. The molecule has 0 bridgehead atoms. The topological polar surface area (TPSA) is 12.9 Å². The summed E-state index contributed by atoms with van der Waals surface area (Å²) in [7, 11) is 0. The number of halogens is 1. The van der Waals surface area contributed by atoms with E-state index in [9.17, 15) is 0 Å². The number of nitrogens with zero attached hydrogens (tertiary/aromatic N) is 1. The fourth-order valence-electron chi connectivity index (χ4n) is 2.09. The Balaban J connectivity index is 2.08. The summed E-state index contributed by atoms with van der Waals surface area (Å²) in [6.07, 6.45) is 3.84. The van der Waals surface area contributed by atoms with Crippen LogP contribution in [0.2, 0.25) is 5.02 Å². The van der Waals surface area contributed by atoms with Gasteiger partial charge in [0.15, 0.2) is 0 Å². The molecule has 0 aliphatic rings. The summed E-state index contributed by atoms with van der Waals surface area (Å²) < 4.78 is 0. The van der Waals surface area contributed by atoms with Crippen LogP contribution in [0.25, 0.3) is 10.8 Å². The minimum Gasteiger partial charge on any atom is -0.263 e. The van der Waals surface area contributed by atoms with Crippen molar-refractivity contribution in [1.82, 2.24) is 4.98 Å². The molecular weight excluding hydrogens is 274 g/mol. The average Bonchev–Trinajstić information content (AvgIpc) is 2.42. The Morgan fingerprint density at radius 3 is 2.58 bits per heavy atom. The van der Waals surface area contributed by atoms with E-state index in [0.717, 1.165) is 5.02 Å². The fourth-order valence-corrected chi connectivity index (χ4v) is 3.24. The maximum absolute atomic E-state index is 5.91. The molecule has 0 atom stereocenters. The maximum Gasteiger partial charge on any atom is 0.0414 e. The molecule has 0 N–H and O–H groups in total. The highest BCUT2D eigenvalue weighted by Crippen LogP contribution is 2.34. The zero-order valence-electron chi connectivity index (χ0n) is 10.4. The molecule has 0 radical (unpaired) electrons. The van der Waals surface area contributed by atoms with E-state index in [0.29, 0.717) is 0 Å². The summed E-state index contributed by atoms with van der Waals surface area (Å²) in [6.45, 7) is 2.13. The molecule has 2 aromatic carbocycles. The summed E-state index contributed by atoms with van der Waals surface area (Å²) >= 11 is 7.63. The number of rotatable bonds is 2. The Hall–Kier alpha value is -1.51. The largest absolute Gasteiger partial charge is 0.263 e. The second-order valence-electron chi connectivity index (χ2n) is 4.37. The van der Waals surface area contributed by atoms with Crippen molar-refractivity contribution < 1.29 is 0 Å². The van der Waals surface area contributed by atoms with Crippen molar-refractivity contribution in [3.8, 4) is 0 Å². The van der Waals surface area contributed by atoms with Crippen LogP contribution in [-0.4, -0.2) is 4.98 Å². The average molecular weight is 286 g/mol. The van der Waals surface area contributed by atoms with Crippen LogP contribution in [0.4, 0.5) is 0 Å². The summed E-state index contributed by atoms with van der Waals surface area (Å²) in [6, 6.07) is 14.2. The first-order valence-corrected chi connectivity index (χ1v) is 7.20. The third-order valence-corrected chi connectivity index (χ3v) is 4.29. The number of hydrogen-bond acceptors (Lipinski definition) is 2. The van der Waals surface area contributed by atoms with Gasteiger partial charge in [-0.3, -0.25) is 4.98 Å². The van der Waals surface area contributed by atoms with Gasteiger partial charge in [-0.05, 0) is 36.8 Å². The summed E-state index contributed by atoms with van der Waals surface area (Å²) in [5, 5.41) is 3.22. The van der Waals surface area contributed by atoms with Crippen molar-refractivity contribution in [2.24, 2.45) is 0 Å². The first-order chi connectivity index (χ1) is 9.24. The van der Waals surface area contributed by atoms with E-state index >= 15 is 0 Å². The number of fused-ring (bicyclic) bond motifs is 1. The zero-order valence-corrected chi connectivity index (χ0v) is 12.0. The molecule has 0 saturated heterocycles. The van der Waals surface area contributed by atoms with Gasteiger partial charge in [0.05, 0.1) is 0 Å². The molecule has 3 heteroatoms. The van der Waals surface area contributed by atoms with E-state index in [1.54, 1.807) is 11.8 Å². The quantitative estimate of drug-likeness (QED) is 0.630. The van der Waals surface area contributed by atoms with Crippen LogP contribution in [0.15, 0.2) is 64.6 Å². The molecule has 0 spiro atoms. The van der Waals surface area contributed by atoms with E-state index < -0.39 is 0 Å². The lowest BCUT2D eigenvalue weighted by Crippen LogP contribution is -1.84. The van der Waals surface area contributed by atoms with Gasteiger partial charge in [-0.1, -0.05) is 41.6 Å². The van der Waals surface area contributed by atoms with Gasteiger partial charge in [-0.25, -0.2) is 0 Å². The van der Waals surface area contributed by atoms with Gasteiger partial charge in [-0.2, -0.15) is 0 Å². The second kappa shape index (κ2) is 5.24. The van der Waals surface area contributed by atoms with Crippen LogP contribution in [-0.2, 0) is 0 Å². The lowest BCUT2D eigenvalue weighted by molar-refractivity contribution is 1.27. The molecule has 1 aromatic heterocycles. The highest BCUT2D eigenvalue weighted by molar-refractivity contribution is 7.99. The zero-order chi connectivity index (χ0) is 13.2. The van der Waals surface area contributed by atoms with Gasteiger partial charge in [0, 0.05) is 38.0 Å². The normalized spacial score (nSPS) is 10.8. The first kappa shape index (κ1) is 12.5. The molecule has 3 aromatic rings. The third kappa shape index (κ3) is 2.60. The van der Waals surface area contributed by atoms with Crippen molar-refractivity contribution in [2.75, 3.05) is 0 Å². The molecule has 0 fully saturated rings. The lowest BCUT2D eigenvalue weighted by atomic mass is 10.1. The molecule has 94 valence electrons. The van der Waals surface area contributed by atoms with E-state index in [1.165, 1.54) is 26.1 Å². The van der Waals surface area contributed by atoms with Gasteiger partial charge in [-0.15, -0.1) is 0 Å². The Kier molecular flexibility index (Phi) is 3.45. The van der Waals surface area contributed by atoms with Gasteiger partial charge in [0.2, 0.25) is 0 Å². The Morgan fingerprint density at radius 1 is 1.00 bits per heavy atom. The minimum atomic E-state index is 0.761. The monoisotopic (exact) mass is 285 g/mol. The van der Waals surface area contributed by atoms with Gasteiger partial charge >= 0.3 is 0 Å². The molecule has 1 nitrogen and oxygen atoms in total. The Bertz CT molecular complexity index is 717. The van der Waals surface area contributed by atoms with Gasteiger partial charge in [0.25, 0.3) is 0 Å². The maximum atomic E-state index is 5.91. The van der Waals surface area contributed by atoms with Crippen LogP contribution in [0.1, 0.15) is 5.56 Å². The second-order valence-corrected chi connectivity index (χ2v) is 5.92. The highest BCUT2D eigenvalue weighted by Gasteiger charge is 2.06. The van der Waals surface area contributed by atoms with Crippen molar-refractivity contribution in [3.05, 3.63) is 65.4 Å². The predicted molar refractivity (Wildman–Crippen MR) is 82.1 cm³/mol. The summed E-state index contributed by atoms with van der Waals surface area (Å²) in [5.41, 5.74) is 1.27. The number of benzene rings is 2. The molecule has 0 aliphatic carbocycles. The van der Waals surface area contributed by atoms with Crippen LogP contribution < -0.4 is 0 Å². The minimum absolute atomic E-state index is 0.761. The van der Waals surface area contributed by atoms with Crippen LogP contribution in [0, 0.1) is 6.92 Å². The third-order valence-electron chi connectivity index (χ3n) is 3.00. The smallest absolute Gasteiger partial charge is 0.0414 e. The van der Waals surface area contributed by atoms with E-state index in [-0.39, 0.29) is 0 Å². The van der Waals surface area contributed by atoms with E-state index in [4.69, 9.17) is 11.6 Å². The van der Waals surface area contributed by atoms with Crippen LogP contribution in [0.3, 0.4) is 0 Å². The number of aryl methyl sites for hydroxylation is 1. The molecule has 19 heavy (non-hydrogen) atoms. The lowest BCUT2D eigenvalue weighted by Gasteiger charge is -2.08.